The van der Waals surface area contributed by atoms with Crippen molar-refractivity contribution < 1.29 is 4.39 Å². The topological polar surface area (TPSA) is 81.1 Å². The molecule has 3 atom stereocenters. The van der Waals surface area contributed by atoms with Crippen molar-refractivity contribution in [3.8, 4) is 22.4 Å². The fourth-order valence-electron chi connectivity index (χ4n) is 5.10. The predicted octanol–water partition coefficient (Wildman–Crippen LogP) is 4.18. The molecule has 0 saturated carbocycles. The maximum Gasteiger partial charge on any atom is 0.187 e. The number of aromatic nitrogens is 4. The summed E-state index contributed by atoms with van der Waals surface area (Å²) < 4.78 is 16.6. The summed E-state index contributed by atoms with van der Waals surface area (Å²) in [7, 11) is 0. The second-order valence-electron chi connectivity index (χ2n) is 8.59. The molecular formula is C24H23FN6. The molecule has 3 aromatic heterocycles. The van der Waals surface area contributed by atoms with E-state index in [9.17, 15) is 0 Å². The molecule has 6 nitrogen and oxygen atoms in total. The molecule has 0 amide bonds. The summed E-state index contributed by atoms with van der Waals surface area (Å²) in [4.78, 5) is 9.38. The molecule has 2 unspecified atom stereocenters. The second kappa shape index (κ2) is 7.13. The Balaban J connectivity index is 1.41. The number of hydrogen-bond acceptors (Lipinski definition) is 5. The van der Waals surface area contributed by atoms with Crippen LogP contribution >= 0.6 is 0 Å². The Morgan fingerprint density at radius 3 is 2.45 bits per heavy atom. The van der Waals surface area contributed by atoms with Gasteiger partial charge in [0.15, 0.2) is 17.3 Å². The van der Waals surface area contributed by atoms with Crippen LogP contribution in [-0.2, 0) is 0 Å². The Morgan fingerprint density at radius 1 is 0.968 bits per heavy atom. The maximum absolute atomic E-state index is 15.2. The van der Waals surface area contributed by atoms with Gasteiger partial charge in [0, 0.05) is 40.9 Å². The second-order valence-corrected chi connectivity index (χ2v) is 8.59. The van der Waals surface area contributed by atoms with Gasteiger partial charge in [0.1, 0.15) is 0 Å². The highest BCUT2D eigenvalue weighted by Gasteiger charge is 2.36. The molecule has 31 heavy (non-hydrogen) atoms. The molecule has 4 aromatic rings. The number of piperidine rings is 1. The Morgan fingerprint density at radius 2 is 1.74 bits per heavy atom. The minimum atomic E-state index is -0.439. The van der Waals surface area contributed by atoms with Crippen molar-refractivity contribution in [3.63, 3.8) is 0 Å². The molecule has 3 N–H and O–H groups in total. The molecule has 1 aromatic carbocycles. The molecule has 156 valence electrons. The van der Waals surface area contributed by atoms with Crippen LogP contribution in [-0.4, -0.2) is 31.7 Å². The number of nitrogens with one attached hydrogen (secondary N) is 1. The molecule has 0 aliphatic carbocycles. The van der Waals surface area contributed by atoms with Crippen molar-refractivity contribution in [3.05, 3.63) is 66.4 Å². The molecule has 6 rings (SSSR count). The van der Waals surface area contributed by atoms with Crippen molar-refractivity contribution >= 4 is 11.5 Å². The molecule has 2 fully saturated rings. The fourth-order valence-corrected chi connectivity index (χ4v) is 5.10. The number of rotatable bonds is 3. The van der Waals surface area contributed by atoms with Crippen LogP contribution in [0.5, 0.6) is 0 Å². The van der Waals surface area contributed by atoms with Crippen LogP contribution in [0.2, 0.25) is 0 Å². The molecule has 2 bridgehead atoms. The maximum atomic E-state index is 15.2. The van der Waals surface area contributed by atoms with Crippen LogP contribution in [0, 0.1) is 5.82 Å². The number of anilines is 1. The lowest BCUT2D eigenvalue weighted by Crippen LogP contribution is -2.37. The van der Waals surface area contributed by atoms with Crippen LogP contribution in [0.25, 0.3) is 28.0 Å². The summed E-state index contributed by atoms with van der Waals surface area (Å²) in [5.74, 6) is -0.343. The number of hydrogen-bond donors (Lipinski definition) is 2. The third kappa shape index (κ3) is 3.08. The van der Waals surface area contributed by atoms with Crippen molar-refractivity contribution in [2.75, 3.05) is 5.73 Å². The number of nitrogen functional groups attached to an aromatic ring is 1. The largest absolute Gasteiger partial charge is 0.381 e. The van der Waals surface area contributed by atoms with Gasteiger partial charge in [-0.05, 0) is 31.7 Å². The fraction of sp³-hybridized carbons (Fsp3) is 0.292. The average Bonchev–Trinajstić information content (AvgIpc) is 3.39. The smallest absolute Gasteiger partial charge is 0.187 e. The van der Waals surface area contributed by atoms with E-state index in [1.807, 2.05) is 48.7 Å². The minimum absolute atomic E-state index is 0.0194. The van der Waals surface area contributed by atoms with Gasteiger partial charge in [-0.2, -0.15) is 9.61 Å². The average molecular weight is 414 g/mol. The number of fused-ring (bicyclic) bond motifs is 3. The van der Waals surface area contributed by atoms with Crippen molar-refractivity contribution in [2.45, 2.75) is 43.7 Å². The molecule has 2 saturated heterocycles. The lowest BCUT2D eigenvalue weighted by molar-refractivity contribution is 0.351. The first kappa shape index (κ1) is 18.4. The van der Waals surface area contributed by atoms with Crippen LogP contribution in [0.3, 0.4) is 0 Å². The molecule has 0 radical (unpaired) electrons. The van der Waals surface area contributed by atoms with Crippen LogP contribution in [0.15, 0.2) is 54.9 Å². The molecule has 5 heterocycles. The highest BCUT2D eigenvalue weighted by atomic mass is 19.1. The third-order valence-corrected chi connectivity index (χ3v) is 6.65. The summed E-state index contributed by atoms with van der Waals surface area (Å²) in [6, 6.07) is 14.9. The Hall–Kier alpha value is -3.32. The molecule has 2 aliphatic rings. The van der Waals surface area contributed by atoms with E-state index in [4.69, 9.17) is 10.7 Å². The first-order chi connectivity index (χ1) is 15.2. The standard InChI is InChI=1S/C24H23FN6/c25-21-22(16-10-17-7-8-18(11-16)29-17)30-24-19(13-28-31(24)23(21)26)15-6-9-20(27-12-15)14-4-2-1-3-5-14/h1-6,9,12-13,16-18,29H,7-8,10-11,26H2/t16?,17-,18?/m0/s1. The number of halogens is 1. The monoisotopic (exact) mass is 414 g/mol. The highest BCUT2D eigenvalue weighted by molar-refractivity contribution is 5.78. The van der Waals surface area contributed by atoms with Gasteiger partial charge in [-0.1, -0.05) is 36.4 Å². The van der Waals surface area contributed by atoms with Gasteiger partial charge >= 0.3 is 0 Å². The van der Waals surface area contributed by atoms with E-state index in [-0.39, 0.29) is 11.7 Å². The van der Waals surface area contributed by atoms with Gasteiger partial charge < -0.3 is 11.1 Å². The number of nitrogens with two attached hydrogens (primary N) is 1. The van der Waals surface area contributed by atoms with Crippen LogP contribution in [0.1, 0.15) is 37.3 Å². The van der Waals surface area contributed by atoms with Crippen molar-refractivity contribution in [1.82, 2.24) is 24.9 Å². The minimum Gasteiger partial charge on any atom is -0.381 e. The Kier molecular flexibility index (Phi) is 4.24. The summed E-state index contributed by atoms with van der Waals surface area (Å²) in [6.07, 6.45) is 7.59. The van der Waals surface area contributed by atoms with E-state index in [1.165, 1.54) is 4.52 Å². The third-order valence-electron chi connectivity index (χ3n) is 6.65. The van der Waals surface area contributed by atoms with Gasteiger partial charge in [-0.15, -0.1) is 0 Å². The van der Waals surface area contributed by atoms with Gasteiger partial charge in [-0.25, -0.2) is 9.37 Å². The van der Waals surface area contributed by atoms with Gasteiger partial charge in [0.2, 0.25) is 0 Å². The first-order valence-corrected chi connectivity index (χ1v) is 10.8. The highest BCUT2D eigenvalue weighted by Crippen LogP contribution is 2.39. The van der Waals surface area contributed by atoms with E-state index in [0.29, 0.717) is 23.4 Å². The molecule has 0 spiro atoms. The summed E-state index contributed by atoms with van der Waals surface area (Å²) >= 11 is 0. The van der Waals surface area contributed by atoms with E-state index in [0.717, 1.165) is 48.1 Å². The van der Waals surface area contributed by atoms with Crippen LogP contribution in [0.4, 0.5) is 10.2 Å². The summed E-state index contributed by atoms with van der Waals surface area (Å²) in [5, 5.41) is 7.92. The van der Waals surface area contributed by atoms with E-state index >= 15 is 4.39 Å². The lowest BCUT2D eigenvalue weighted by Gasteiger charge is -2.29. The predicted molar refractivity (Wildman–Crippen MR) is 118 cm³/mol. The van der Waals surface area contributed by atoms with Crippen molar-refractivity contribution in [2.24, 2.45) is 0 Å². The molecular weight excluding hydrogens is 391 g/mol. The Bertz CT molecular complexity index is 1240. The van der Waals surface area contributed by atoms with Crippen molar-refractivity contribution in [1.29, 1.82) is 0 Å². The van der Waals surface area contributed by atoms with Gasteiger partial charge in [0.05, 0.1) is 17.6 Å². The lowest BCUT2D eigenvalue weighted by atomic mass is 9.89. The van der Waals surface area contributed by atoms with Crippen LogP contribution < -0.4 is 11.1 Å². The normalized spacial score (nSPS) is 22.8. The van der Waals surface area contributed by atoms with E-state index < -0.39 is 5.82 Å². The van der Waals surface area contributed by atoms with Gasteiger partial charge in [-0.3, -0.25) is 4.98 Å². The zero-order chi connectivity index (χ0) is 20.9. The quantitative estimate of drug-likeness (QED) is 0.526. The first-order valence-electron chi connectivity index (χ1n) is 10.8. The SMILES string of the molecule is Nc1c(F)c(C2CC3CC[C@@H](C2)N3)nc2c(-c3ccc(-c4ccccc4)nc3)cnn12. The summed E-state index contributed by atoms with van der Waals surface area (Å²) in [5.41, 5.74) is 10.8. The van der Waals surface area contributed by atoms with E-state index in [2.05, 4.69) is 15.4 Å². The zero-order valence-corrected chi connectivity index (χ0v) is 17.0. The van der Waals surface area contributed by atoms with Gasteiger partial charge in [0.25, 0.3) is 0 Å². The number of nitrogens with zero attached hydrogens (tertiary/aromatic N) is 4. The molecule has 2 aliphatic heterocycles. The summed E-state index contributed by atoms with van der Waals surface area (Å²) in [6.45, 7) is 0. The zero-order valence-electron chi connectivity index (χ0n) is 17.0. The van der Waals surface area contributed by atoms with E-state index in [1.54, 1.807) is 6.20 Å². The number of benzene rings is 1. The molecule has 7 heteroatoms. The number of pyridine rings is 1. The Labute approximate surface area is 179 Å².